The summed E-state index contributed by atoms with van der Waals surface area (Å²) < 4.78 is 38.7. The van der Waals surface area contributed by atoms with Crippen LogP contribution in [-0.2, 0) is 14.8 Å². The quantitative estimate of drug-likeness (QED) is 0.659. The first-order valence-electron chi connectivity index (χ1n) is 10.1. The van der Waals surface area contributed by atoms with E-state index in [1.54, 1.807) is 37.3 Å². The Labute approximate surface area is 188 Å². The van der Waals surface area contributed by atoms with Gasteiger partial charge in [0.1, 0.15) is 16.4 Å². The number of carbonyl (C=O) groups is 1. The van der Waals surface area contributed by atoms with Crippen LogP contribution >= 0.6 is 11.6 Å². The lowest BCUT2D eigenvalue weighted by molar-refractivity contribution is -0.122. The summed E-state index contributed by atoms with van der Waals surface area (Å²) in [5, 5.41) is 3.34. The molecule has 1 aliphatic heterocycles. The normalized spacial score (nSPS) is 15.9. The van der Waals surface area contributed by atoms with E-state index in [0.29, 0.717) is 29.5 Å². The van der Waals surface area contributed by atoms with Crippen LogP contribution < -0.4 is 14.8 Å². The van der Waals surface area contributed by atoms with Crippen LogP contribution in [0.15, 0.2) is 41.3 Å². The summed E-state index contributed by atoms with van der Waals surface area (Å²) in [6.45, 7) is 4.43. The highest BCUT2D eigenvalue weighted by molar-refractivity contribution is 7.89. The molecule has 1 saturated heterocycles. The lowest BCUT2D eigenvalue weighted by Gasteiger charge is -2.26. The third-order valence-electron chi connectivity index (χ3n) is 5.18. The number of piperidine rings is 1. The standard InChI is InChI=1S/C22H27ClN2O5S/c1-15-13-18(8-9-19(15)23)30-16(2)22(26)24-17-7-10-20(29-3)21(14-17)31(27,28)25-11-5-4-6-12-25/h7-10,13-14,16H,4-6,11-12H2,1-3H3,(H,24,26). The zero-order chi connectivity index (χ0) is 22.6. The Morgan fingerprint density at radius 1 is 1.13 bits per heavy atom. The number of hydrogen-bond acceptors (Lipinski definition) is 5. The van der Waals surface area contributed by atoms with Crippen LogP contribution in [-0.4, -0.2) is 44.9 Å². The van der Waals surface area contributed by atoms with E-state index in [2.05, 4.69) is 5.32 Å². The van der Waals surface area contributed by atoms with Gasteiger partial charge in [-0.1, -0.05) is 18.0 Å². The summed E-state index contributed by atoms with van der Waals surface area (Å²) in [6, 6.07) is 9.72. The van der Waals surface area contributed by atoms with Gasteiger partial charge in [0.15, 0.2) is 6.10 Å². The maximum atomic E-state index is 13.1. The second kappa shape index (κ2) is 9.89. The van der Waals surface area contributed by atoms with E-state index in [1.165, 1.54) is 17.5 Å². The molecule has 1 unspecified atom stereocenters. The molecule has 1 fully saturated rings. The van der Waals surface area contributed by atoms with Crippen molar-refractivity contribution in [3.05, 3.63) is 47.0 Å². The van der Waals surface area contributed by atoms with Crippen LogP contribution in [0.5, 0.6) is 11.5 Å². The topological polar surface area (TPSA) is 84.9 Å². The lowest BCUT2D eigenvalue weighted by atomic mass is 10.2. The smallest absolute Gasteiger partial charge is 0.265 e. The van der Waals surface area contributed by atoms with Crippen LogP contribution in [0.2, 0.25) is 5.02 Å². The molecule has 9 heteroatoms. The molecule has 7 nitrogen and oxygen atoms in total. The van der Waals surface area contributed by atoms with Gasteiger partial charge in [-0.15, -0.1) is 0 Å². The summed E-state index contributed by atoms with van der Waals surface area (Å²) in [5.41, 5.74) is 1.19. The van der Waals surface area contributed by atoms with Gasteiger partial charge in [0.05, 0.1) is 7.11 Å². The number of sulfonamides is 1. The van der Waals surface area contributed by atoms with E-state index in [0.717, 1.165) is 24.8 Å². The minimum Gasteiger partial charge on any atom is -0.495 e. The molecular formula is C22H27ClN2O5S. The Balaban J connectivity index is 1.77. The Morgan fingerprint density at radius 2 is 1.84 bits per heavy atom. The van der Waals surface area contributed by atoms with Crippen molar-refractivity contribution in [3.8, 4) is 11.5 Å². The van der Waals surface area contributed by atoms with Crippen molar-refractivity contribution in [2.75, 3.05) is 25.5 Å². The lowest BCUT2D eigenvalue weighted by Crippen LogP contribution is -2.36. The fraction of sp³-hybridized carbons (Fsp3) is 0.409. The van der Waals surface area contributed by atoms with Crippen molar-refractivity contribution in [2.45, 2.75) is 44.1 Å². The minimum atomic E-state index is -3.73. The molecule has 1 heterocycles. The molecule has 1 N–H and O–H groups in total. The monoisotopic (exact) mass is 466 g/mol. The first kappa shape index (κ1) is 23.4. The molecule has 1 atom stereocenters. The number of carbonyl (C=O) groups excluding carboxylic acids is 1. The predicted molar refractivity (Wildman–Crippen MR) is 121 cm³/mol. The van der Waals surface area contributed by atoms with Gasteiger partial charge in [-0.25, -0.2) is 8.42 Å². The Morgan fingerprint density at radius 3 is 2.48 bits per heavy atom. The zero-order valence-electron chi connectivity index (χ0n) is 17.9. The fourth-order valence-corrected chi connectivity index (χ4v) is 5.21. The van der Waals surface area contributed by atoms with Gasteiger partial charge < -0.3 is 14.8 Å². The molecule has 2 aromatic carbocycles. The summed E-state index contributed by atoms with van der Waals surface area (Å²) in [4.78, 5) is 12.7. The Hall–Kier alpha value is -2.29. The number of hydrogen-bond donors (Lipinski definition) is 1. The summed E-state index contributed by atoms with van der Waals surface area (Å²) >= 11 is 6.02. The number of benzene rings is 2. The van der Waals surface area contributed by atoms with Crippen molar-refractivity contribution in [1.82, 2.24) is 4.31 Å². The number of aryl methyl sites for hydroxylation is 1. The molecule has 31 heavy (non-hydrogen) atoms. The predicted octanol–water partition coefficient (Wildman–Crippen LogP) is 4.24. The molecule has 0 bridgehead atoms. The second-order valence-corrected chi connectivity index (χ2v) is 9.80. The van der Waals surface area contributed by atoms with Crippen LogP contribution in [0.25, 0.3) is 0 Å². The van der Waals surface area contributed by atoms with E-state index in [1.807, 2.05) is 6.92 Å². The van der Waals surface area contributed by atoms with E-state index in [9.17, 15) is 13.2 Å². The molecule has 1 aliphatic rings. The molecule has 3 rings (SSSR count). The van der Waals surface area contributed by atoms with Crippen molar-refractivity contribution >= 4 is 33.2 Å². The van der Waals surface area contributed by atoms with Gasteiger partial charge in [-0.2, -0.15) is 4.31 Å². The molecule has 0 aromatic heterocycles. The van der Waals surface area contributed by atoms with E-state index >= 15 is 0 Å². The van der Waals surface area contributed by atoms with Crippen LogP contribution in [0.3, 0.4) is 0 Å². The first-order chi connectivity index (χ1) is 14.7. The summed E-state index contributed by atoms with van der Waals surface area (Å²) in [6.07, 6.45) is 1.88. The number of methoxy groups -OCH3 is 1. The SMILES string of the molecule is COc1ccc(NC(=O)C(C)Oc2ccc(Cl)c(C)c2)cc1S(=O)(=O)N1CCCCC1. The van der Waals surface area contributed by atoms with E-state index < -0.39 is 22.0 Å². The van der Waals surface area contributed by atoms with Gasteiger partial charge in [0, 0.05) is 23.8 Å². The van der Waals surface area contributed by atoms with Crippen LogP contribution in [0.1, 0.15) is 31.7 Å². The minimum absolute atomic E-state index is 0.0385. The van der Waals surface area contributed by atoms with Gasteiger partial charge in [0.2, 0.25) is 10.0 Å². The highest BCUT2D eigenvalue weighted by Crippen LogP contribution is 2.31. The van der Waals surface area contributed by atoms with E-state index in [-0.39, 0.29) is 10.6 Å². The van der Waals surface area contributed by atoms with Crippen molar-refractivity contribution < 1.29 is 22.7 Å². The molecule has 1 amide bonds. The molecule has 168 valence electrons. The molecule has 0 saturated carbocycles. The molecule has 2 aromatic rings. The van der Waals surface area contributed by atoms with Crippen LogP contribution in [0, 0.1) is 6.92 Å². The fourth-order valence-electron chi connectivity index (χ4n) is 3.39. The molecular weight excluding hydrogens is 440 g/mol. The molecule has 0 spiro atoms. The van der Waals surface area contributed by atoms with Crippen LogP contribution in [0.4, 0.5) is 5.69 Å². The number of ether oxygens (including phenoxy) is 2. The third kappa shape index (κ3) is 5.50. The third-order valence-corrected chi connectivity index (χ3v) is 7.52. The number of rotatable bonds is 7. The van der Waals surface area contributed by atoms with Crippen molar-refractivity contribution in [1.29, 1.82) is 0 Å². The number of amides is 1. The number of anilines is 1. The average molecular weight is 467 g/mol. The van der Waals surface area contributed by atoms with Crippen molar-refractivity contribution in [3.63, 3.8) is 0 Å². The highest BCUT2D eigenvalue weighted by atomic mass is 35.5. The number of nitrogens with one attached hydrogen (secondary N) is 1. The van der Waals surface area contributed by atoms with Gasteiger partial charge >= 0.3 is 0 Å². The number of nitrogens with zero attached hydrogens (tertiary/aromatic N) is 1. The maximum Gasteiger partial charge on any atom is 0.265 e. The largest absolute Gasteiger partial charge is 0.495 e. The highest BCUT2D eigenvalue weighted by Gasteiger charge is 2.29. The van der Waals surface area contributed by atoms with Gasteiger partial charge in [0.25, 0.3) is 5.91 Å². The first-order valence-corrected chi connectivity index (χ1v) is 12.0. The van der Waals surface area contributed by atoms with Gasteiger partial charge in [-0.05, 0) is 68.7 Å². The number of halogens is 1. The summed E-state index contributed by atoms with van der Waals surface area (Å²) in [7, 11) is -2.30. The molecule has 0 aliphatic carbocycles. The Bertz CT molecular complexity index is 1050. The van der Waals surface area contributed by atoms with Gasteiger partial charge in [-0.3, -0.25) is 4.79 Å². The second-order valence-electron chi connectivity index (χ2n) is 7.49. The average Bonchev–Trinajstić information content (AvgIpc) is 2.76. The maximum absolute atomic E-state index is 13.1. The van der Waals surface area contributed by atoms with Crippen molar-refractivity contribution in [2.24, 2.45) is 0 Å². The zero-order valence-corrected chi connectivity index (χ0v) is 19.4. The summed E-state index contributed by atoms with van der Waals surface area (Å²) in [5.74, 6) is 0.358. The molecule has 0 radical (unpaired) electrons. The Kier molecular flexibility index (Phi) is 7.46. The van der Waals surface area contributed by atoms with E-state index in [4.69, 9.17) is 21.1 Å².